The number of rotatable bonds is 5. The molecule has 3 rings (SSSR count). The molecule has 2 aromatic rings. The first-order chi connectivity index (χ1) is 12.1. The maximum atomic E-state index is 12.9. The van der Waals surface area contributed by atoms with Gasteiger partial charge in [-0.25, -0.2) is 0 Å². The Labute approximate surface area is 147 Å². The van der Waals surface area contributed by atoms with Crippen LogP contribution in [0, 0.1) is 6.92 Å². The number of hydrogen-bond donors (Lipinski definition) is 1. The smallest absolute Gasteiger partial charge is 0.254 e. The molecule has 0 aromatic heterocycles. The Morgan fingerprint density at radius 2 is 2.04 bits per heavy atom. The summed E-state index contributed by atoms with van der Waals surface area (Å²) >= 11 is 0. The van der Waals surface area contributed by atoms with Crippen molar-refractivity contribution in [3.05, 3.63) is 83.5 Å². The lowest BCUT2D eigenvalue weighted by Gasteiger charge is -2.16. The van der Waals surface area contributed by atoms with Gasteiger partial charge in [0.1, 0.15) is 11.9 Å². The maximum Gasteiger partial charge on any atom is 0.254 e. The maximum absolute atomic E-state index is 12.9. The van der Waals surface area contributed by atoms with Gasteiger partial charge in [0.2, 0.25) is 0 Å². The van der Waals surface area contributed by atoms with Gasteiger partial charge in [-0.2, -0.15) is 0 Å². The second kappa shape index (κ2) is 7.36. The Kier molecular flexibility index (Phi) is 5.00. The van der Waals surface area contributed by atoms with Gasteiger partial charge in [0.25, 0.3) is 5.91 Å². The lowest BCUT2D eigenvalue weighted by atomic mass is 9.98. The van der Waals surface area contributed by atoms with Gasteiger partial charge in [0.05, 0.1) is 19.3 Å². The van der Waals surface area contributed by atoms with Crippen molar-refractivity contribution in [2.75, 3.05) is 19.0 Å². The number of amides is 1. The van der Waals surface area contributed by atoms with Gasteiger partial charge in [-0.15, -0.1) is 0 Å². The average molecular weight is 335 g/mol. The fraction of sp³-hybridized carbons (Fsp3) is 0.190. The van der Waals surface area contributed by atoms with E-state index in [4.69, 9.17) is 9.47 Å². The molecule has 1 aliphatic heterocycles. The first-order valence-electron chi connectivity index (χ1n) is 8.11. The van der Waals surface area contributed by atoms with E-state index in [0.29, 0.717) is 12.2 Å². The van der Waals surface area contributed by atoms with Crippen LogP contribution in [0.4, 0.5) is 5.69 Å². The number of benzene rings is 2. The minimum atomic E-state index is -0.413. The van der Waals surface area contributed by atoms with Gasteiger partial charge in [-0.1, -0.05) is 36.9 Å². The third-order valence-corrected chi connectivity index (χ3v) is 4.20. The molecular weight excluding hydrogens is 314 g/mol. The summed E-state index contributed by atoms with van der Waals surface area (Å²) in [5.41, 5.74) is 4.17. The second-order valence-corrected chi connectivity index (χ2v) is 5.93. The molecule has 0 fully saturated rings. The van der Waals surface area contributed by atoms with Crippen molar-refractivity contribution < 1.29 is 14.3 Å². The van der Waals surface area contributed by atoms with Crippen LogP contribution in [0.25, 0.3) is 0 Å². The molecule has 0 spiro atoms. The number of ether oxygens (including phenoxy) is 2. The van der Waals surface area contributed by atoms with E-state index >= 15 is 0 Å². The lowest BCUT2D eigenvalue weighted by molar-refractivity contribution is -0.113. The Balaban J connectivity index is 1.88. The van der Waals surface area contributed by atoms with Crippen LogP contribution in [0.5, 0.6) is 5.75 Å². The molecule has 2 aromatic carbocycles. The van der Waals surface area contributed by atoms with E-state index in [-0.39, 0.29) is 5.91 Å². The van der Waals surface area contributed by atoms with Crippen molar-refractivity contribution in [3.8, 4) is 5.75 Å². The Bertz CT molecular complexity index is 821. The highest BCUT2D eigenvalue weighted by molar-refractivity contribution is 6.05. The third kappa shape index (κ3) is 3.64. The number of nitrogens with one attached hydrogen (secondary N) is 1. The number of carbonyl (C=O) groups excluding carboxylic acids is 1. The van der Waals surface area contributed by atoms with Crippen LogP contribution >= 0.6 is 0 Å². The standard InChI is InChI=1S/C21H21NO3/c1-4-15-13-25-20(16-8-10-18(24-3)11-9-16)19(15)21(23)22-17-7-5-6-14(2)12-17/h4-12,20H,1,13H2,2-3H3,(H,22,23). The summed E-state index contributed by atoms with van der Waals surface area (Å²) in [6.45, 7) is 6.17. The molecule has 25 heavy (non-hydrogen) atoms. The topological polar surface area (TPSA) is 47.6 Å². The molecule has 0 bridgehead atoms. The second-order valence-electron chi connectivity index (χ2n) is 5.93. The first-order valence-corrected chi connectivity index (χ1v) is 8.11. The summed E-state index contributed by atoms with van der Waals surface area (Å²) in [6, 6.07) is 15.3. The monoisotopic (exact) mass is 335 g/mol. The Hall–Kier alpha value is -2.85. The van der Waals surface area contributed by atoms with Crippen LogP contribution in [-0.4, -0.2) is 19.6 Å². The van der Waals surface area contributed by atoms with E-state index in [9.17, 15) is 4.79 Å². The lowest BCUT2D eigenvalue weighted by Crippen LogP contribution is -2.19. The van der Waals surface area contributed by atoms with Crippen LogP contribution in [0.15, 0.2) is 72.3 Å². The Morgan fingerprint density at radius 1 is 1.28 bits per heavy atom. The van der Waals surface area contributed by atoms with Crippen molar-refractivity contribution in [3.63, 3.8) is 0 Å². The summed E-state index contributed by atoms with van der Waals surface area (Å²) in [6.07, 6.45) is 1.28. The van der Waals surface area contributed by atoms with Gasteiger partial charge < -0.3 is 14.8 Å². The van der Waals surface area contributed by atoms with Crippen molar-refractivity contribution in [1.82, 2.24) is 0 Å². The summed E-state index contributed by atoms with van der Waals surface area (Å²) in [5, 5.41) is 2.96. The normalized spacial score (nSPS) is 16.6. The van der Waals surface area contributed by atoms with Gasteiger partial charge in [-0.3, -0.25) is 4.79 Å². The average Bonchev–Trinajstić information content (AvgIpc) is 3.06. The first kappa shape index (κ1) is 17.0. The predicted octanol–water partition coefficient (Wildman–Crippen LogP) is 4.20. The highest BCUT2D eigenvalue weighted by Gasteiger charge is 2.31. The van der Waals surface area contributed by atoms with Crippen molar-refractivity contribution in [2.24, 2.45) is 0 Å². The molecule has 1 N–H and O–H groups in total. The fourth-order valence-corrected chi connectivity index (χ4v) is 2.90. The predicted molar refractivity (Wildman–Crippen MR) is 98.7 cm³/mol. The summed E-state index contributed by atoms with van der Waals surface area (Å²) in [5.74, 6) is 0.597. The molecule has 4 heteroatoms. The van der Waals surface area contributed by atoms with Crippen LogP contribution < -0.4 is 10.1 Å². The zero-order valence-electron chi connectivity index (χ0n) is 14.4. The van der Waals surface area contributed by atoms with Crippen molar-refractivity contribution >= 4 is 11.6 Å². The highest BCUT2D eigenvalue weighted by atomic mass is 16.5. The molecule has 0 radical (unpaired) electrons. The number of methoxy groups -OCH3 is 1. The zero-order chi connectivity index (χ0) is 17.8. The van der Waals surface area contributed by atoms with Crippen molar-refractivity contribution in [1.29, 1.82) is 0 Å². The van der Waals surface area contributed by atoms with E-state index < -0.39 is 6.10 Å². The fourth-order valence-electron chi connectivity index (χ4n) is 2.90. The van der Waals surface area contributed by atoms with Crippen LogP contribution in [-0.2, 0) is 9.53 Å². The molecule has 0 saturated heterocycles. The van der Waals surface area contributed by atoms with Crippen LogP contribution in [0.1, 0.15) is 17.2 Å². The minimum Gasteiger partial charge on any atom is -0.497 e. The molecule has 1 atom stereocenters. The number of hydrogen-bond acceptors (Lipinski definition) is 3. The molecule has 128 valence electrons. The molecule has 0 saturated carbocycles. The van der Waals surface area contributed by atoms with Crippen molar-refractivity contribution in [2.45, 2.75) is 13.0 Å². The molecule has 1 amide bonds. The summed E-state index contributed by atoms with van der Waals surface area (Å²) in [4.78, 5) is 12.9. The molecule has 0 aliphatic carbocycles. The molecule has 1 heterocycles. The van der Waals surface area contributed by atoms with E-state index in [2.05, 4.69) is 11.9 Å². The zero-order valence-corrected chi connectivity index (χ0v) is 14.4. The van der Waals surface area contributed by atoms with E-state index in [1.165, 1.54) is 0 Å². The van der Waals surface area contributed by atoms with Gasteiger partial charge in [-0.05, 0) is 47.9 Å². The van der Waals surface area contributed by atoms with Gasteiger partial charge in [0.15, 0.2) is 0 Å². The number of carbonyl (C=O) groups is 1. The quantitative estimate of drug-likeness (QED) is 0.891. The van der Waals surface area contributed by atoms with E-state index in [0.717, 1.165) is 28.1 Å². The van der Waals surface area contributed by atoms with E-state index in [1.54, 1.807) is 13.2 Å². The molecule has 1 aliphatic rings. The van der Waals surface area contributed by atoms with Crippen LogP contribution in [0.2, 0.25) is 0 Å². The van der Waals surface area contributed by atoms with E-state index in [1.807, 2.05) is 55.5 Å². The van der Waals surface area contributed by atoms with Gasteiger partial charge in [0, 0.05) is 5.69 Å². The molecular formula is C21H21NO3. The number of anilines is 1. The molecule has 1 unspecified atom stereocenters. The van der Waals surface area contributed by atoms with Gasteiger partial charge >= 0.3 is 0 Å². The minimum absolute atomic E-state index is 0.168. The third-order valence-electron chi connectivity index (χ3n) is 4.20. The van der Waals surface area contributed by atoms with Crippen LogP contribution in [0.3, 0.4) is 0 Å². The number of aryl methyl sites for hydroxylation is 1. The molecule has 4 nitrogen and oxygen atoms in total. The Morgan fingerprint density at radius 3 is 2.68 bits per heavy atom. The summed E-state index contributed by atoms with van der Waals surface area (Å²) in [7, 11) is 1.62. The largest absolute Gasteiger partial charge is 0.497 e. The summed E-state index contributed by atoms with van der Waals surface area (Å²) < 4.78 is 11.1. The SMILES string of the molecule is C=CC1=C(C(=O)Nc2cccc(C)c2)C(c2ccc(OC)cc2)OC1. The highest BCUT2D eigenvalue weighted by Crippen LogP contribution is 2.36.